The van der Waals surface area contributed by atoms with E-state index in [0.717, 1.165) is 3.79 Å². The Hall–Kier alpha value is -0.930. The van der Waals surface area contributed by atoms with E-state index in [1.54, 1.807) is 12.1 Å². The predicted molar refractivity (Wildman–Crippen MR) is 65.1 cm³/mol. The molecule has 0 atom stereocenters. The molecule has 2 heterocycles. The Morgan fingerprint density at radius 2 is 2.00 bits per heavy atom. The van der Waals surface area contributed by atoms with Crippen molar-refractivity contribution < 1.29 is 23.1 Å². The number of carboxylic acids is 1. The van der Waals surface area contributed by atoms with Gasteiger partial charge >= 0.3 is 12.1 Å². The number of thiophene rings is 1. The molecule has 96 valence electrons. The van der Waals surface area contributed by atoms with Gasteiger partial charge in [0.05, 0.1) is 8.66 Å². The zero-order chi connectivity index (χ0) is 13.5. The van der Waals surface area contributed by atoms with Crippen LogP contribution >= 0.6 is 38.6 Å². The van der Waals surface area contributed by atoms with Gasteiger partial charge in [-0.2, -0.15) is 13.2 Å². The van der Waals surface area contributed by atoms with E-state index in [9.17, 15) is 18.0 Å². The minimum absolute atomic E-state index is 0.0513. The minimum Gasteiger partial charge on any atom is -0.477 e. The molecule has 0 aliphatic heterocycles. The van der Waals surface area contributed by atoms with Crippen molar-refractivity contribution in [1.82, 2.24) is 4.98 Å². The van der Waals surface area contributed by atoms with Crippen molar-refractivity contribution in [2.75, 3.05) is 0 Å². The molecule has 2 aromatic heterocycles. The summed E-state index contributed by atoms with van der Waals surface area (Å²) in [5, 5.41) is 8.81. The second-order valence-corrected chi connectivity index (χ2v) is 6.57. The summed E-state index contributed by atoms with van der Waals surface area (Å²) in [6, 6.07) is 3.24. The maximum absolute atomic E-state index is 12.6. The number of carboxylic acid groups (broad SMARTS) is 1. The molecular formula is C9H3BrF3NO2S2. The van der Waals surface area contributed by atoms with E-state index in [-0.39, 0.29) is 5.01 Å². The van der Waals surface area contributed by atoms with Crippen LogP contribution < -0.4 is 0 Å². The molecule has 2 rings (SSSR count). The summed E-state index contributed by atoms with van der Waals surface area (Å²) in [5.74, 6) is -1.62. The monoisotopic (exact) mass is 357 g/mol. The molecule has 0 aliphatic carbocycles. The van der Waals surface area contributed by atoms with E-state index in [2.05, 4.69) is 20.9 Å². The lowest BCUT2D eigenvalue weighted by molar-refractivity contribution is -0.141. The number of hydrogen-bond acceptors (Lipinski definition) is 4. The first kappa shape index (κ1) is 13.5. The number of hydrogen-bond donors (Lipinski definition) is 1. The zero-order valence-corrected chi connectivity index (χ0v) is 11.5. The largest absolute Gasteiger partial charge is 0.477 e. The van der Waals surface area contributed by atoms with Crippen molar-refractivity contribution in [3.63, 3.8) is 0 Å². The Morgan fingerprint density at radius 3 is 2.39 bits per heavy atom. The highest BCUT2D eigenvalue weighted by atomic mass is 79.9. The smallest absolute Gasteiger partial charge is 0.435 e. The molecule has 0 radical (unpaired) electrons. The summed E-state index contributed by atoms with van der Waals surface area (Å²) < 4.78 is 38.6. The van der Waals surface area contributed by atoms with E-state index >= 15 is 0 Å². The molecule has 0 amide bonds. The summed E-state index contributed by atoms with van der Waals surface area (Å²) in [4.78, 5) is 13.9. The van der Waals surface area contributed by atoms with Gasteiger partial charge in [0.15, 0.2) is 5.69 Å². The van der Waals surface area contributed by atoms with Gasteiger partial charge < -0.3 is 5.11 Å². The van der Waals surface area contributed by atoms with Gasteiger partial charge in [0, 0.05) is 0 Å². The van der Waals surface area contributed by atoms with Crippen LogP contribution in [0.25, 0.3) is 9.88 Å². The molecule has 0 saturated heterocycles. The Bertz CT molecular complexity index is 605. The fraction of sp³-hybridized carbons (Fsp3) is 0.111. The van der Waals surface area contributed by atoms with Gasteiger partial charge in [-0.25, -0.2) is 9.78 Å². The second kappa shape index (κ2) is 4.63. The van der Waals surface area contributed by atoms with Gasteiger partial charge in [-0.15, -0.1) is 22.7 Å². The van der Waals surface area contributed by atoms with Crippen LogP contribution in [0.3, 0.4) is 0 Å². The van der Waals surface area contributed by atoms with Gasteiger partial charge in [0.25, 0.3) is 0 Å². The van der Waals surface area contributed by atoms with Gasteiger partial charge in [-0.1, -0.05) is 0 Å². The van der Waals surface area contributed by atoms with Crippen LogP contribution in [0.4, 0.5) is 13.2 Å². The maximum Gasteiger partial charge on any atom is 0.435 e. The average molecular weight is 358 g/mol. The lowest BCUT2D eigenvalue weighted by Crippen LogP contribution is -2.11. The molecule has 0 fully saturated rings. The van der Waals surface area contributed by atoms with Crippen LogP contribution in [0.2, 0.25) is 0 Å². The number of nitrogens with zero attached hydrogens (tertiary/aromatic N) is 1. The van der Waals surface area contributed by atoms with Crippen LogP contribution in [0, 0.1) is 0 Å². The van der Waals surface area contributed by atoms with Gasteiger partial charge in [0.1, 0.15) is 9.88 Å². The molecule has 0 unspecified atom stereocenters. The topological polar surface area (TPSA) is 50.2 Å². The fourth-order valence-corrected chi connectivity index (χ4v) is 3.56. The third-order valence-corrected chi connectivity index (χ3v) is 4.71. The van der Waals surface area contributed by atoms with Gasteiger partial charge in [-0.05, 0) is 28.1 Å². The molecule has 9 heteroatoms. The third kappa shape index (κ3) is 2.57. The first-order chi connectivity index (χ1) is 8.29. The number of thiazole rings is 1. The van der Waals surface area contributed by atoms with Crippen LogP contribution in [0.1, 0.15) is 15.4 Å². The summed E-state index contributed by atoms with van der Waals surface area (Å²) >= 11 is 4.89. The van der Waals surface area contributed by atoms with Crippen molar-refractivity contribution in [2.24, 2.45) is 0 Å². The van der Waals surface area contributed by atoms with Crippen LogP contribution in [0.15, 0.2) is 15.9 Å². The molecule has 2 aromatic rings. The molecule has 1 N–H and O–H groups in total. The summed E-state index contributed by atoms with van der Waals surface area (Å²) in [7, 11) is 0. The molecule has 0 saturated carbocycles. The van der Waals surface area contributed by atoms with E-state index in [0.29, 0.717) is 16.2 Å². The highest BCUT2D eigenvalue weighted by Gasteiger charge is 2.39. The summed E-state index contributed by atoms with van der Waals surface area (Å²) in [5.41, 5.74) is -1.35. The second-order valence-electron chi connectivity index (χ2n) is 3.10. The summed E-state index contributed by atoms with van der Waals surface area (Å²) in [6.07, 6.45) is -4.77. The average Bonchev–Trinajstić information content (AvgIpc) is 2.81. The lowest BCUT2D eigenvalue weighted by atomic mass is 10.3. The maximum atomic E-state index is 12.6. The van der Waals surface area contributed by atoms with Crippen molar-refractivity contribution >= 4 is 44.6 Å². The quantitative estimate of drug-likeness (QED) is 0.868. The SMILES string of the molecule is O=C(O)c1sc(-c2ccc(Br)s2)nc1C(F)(F)F. The molecular weight excluding hydrogens is 355 g/mol. The molecule has 0 spiro atoms. The van der Waals surface area contributed by atoms with E-state index < -0.39 is 22.7 Å². The van der Waals surface area contributed by atoms with Crippen molar-refractivity contribution in [1.29, 1.82) is 0 Å². The first-order valence-corrected chi connectivity index (χ1v) is 6.78. The Morgan fingerprint density at radius 1 is 1.33 bits per heavy atom. The van der Waals surface area contributed by atoms with Gasteiger partial charge in [-0.3, -0.25) is 0 Å². The molecule has 0 bridgehead atoms. The van der Waals surface area contributed by atoms with Crippen molar-refractivity contribution in [3.05, 3.63) is 26.5 Å². The minimum atomic E-state index is -4.77. The van der Waals surface area contributed by atoms with Crippen LogP contribution in [-0.2, 0) is 6.18 Å². The Labute approximate surface area is 115 Å². The molecule has 0 aliphatic rings. The summed E-state index contributed by atoms with van der Waals surface area (Å²) in [6.45, 7) is 0. The number of alkyl halides is 3. The standard InChI is InChI=1S/C9H3BrF3NO2S2/c10-4-2-1-3(17-4)7-14-6(9(11,12)13)5(18-7)8(15)16/h1-2H,(H,15,16). The molecule has 18 heavy (non-hydrogen) atoms. The number of aromatic nitrogens is 1. The fourth-order valence-electron chi connectivity index (χ4n) is 1.19. The van der Waals surface area contributed by atoms with Crippen molar-refractivity contribution in [3.8, 4) is 9.88 Å². The number of halogens is 4. The molecule has 0 aromatic carbocycles. The third-order valence-electron chi connectivity index (χ3n) is 1.87. The number of aromatic carboxylic acids is 1. The predicted octanol–water partition coefficient (Wildman–Crippen LogP) is 4.35. The Balaban J connectivity index is 2.56. The highest BCUT2D eigenvalue weighted by Crippen LogP contribution is 2.40. The van der Waals surface area contributed by atoms with E-state index in [1.165, 1.54) is 11.3 Å². The van der Waals surface area contributed by atoms with Crippen LogP contribution in [-0.4, -0.2) is 16.1 Å². The number of rotatable bonds is 2. The molecule has 3 nitrogen and oxygen atoms in total. The Kier molecular flexibility index (Phi) is 3.47. The highest BCUT2D eigenvalue weighted by molar-refractivity contribution is 9.11. The van der Waals surface area contributed by atoms with E-state index in [4.69, 9.17) is 5.11 Å². The van der Waals surface area contributed by atoms with E-state index in [1.807, 2.05) is 0 Å². The first-order valence-electron chi connectivity index (χ1n) is 4.36. The number of carbonyl (C=O) groups is 1. The lowest BCUT2D eigenvalue weighted by Gasteiger charge is -2.02. The van der Waals surface area contributed by atoms with Gasteiger partial charge in [0.2, 0.25) is 0 Å². The normalized spacial score (nSPS) is 11.8. The zero-order valence-electron chi connectivity index (χ0n) is 8.29. The van der Waals surface area contributed by atoms with Crippen molar-refractivity contribution in [2.45, 2.75) is 6.18 Å². The van der Waals surface area contributed by atoms with Crippen LogP contribution in [0.5, 0.6) is 0 Å².